The van der Waals surface area contributed by atoms with Crippen LogP contribution < -0.4 is 20.1 Å². The lowest BCUT2D eigenvalue weighted by Crippen LogP contribution is -2.36. The van der Waals surface area contributed by atoms with Gasteiger partial charge < -0.3 is 20.1 Å². The van der Waals surface area contributed by atoms with Crippen LogP contribution in [0.5, 0.6) is 11.5 Å². The summed E-state index contributed by atoms with van der Waals surface area (Å²) in [6.07, 6.45) is 0.912. The number of aliphatic imine (C=N–C) groups is 1. The highest BCUT2D eigenvalue weighted by Crippen LogP contribution is 2.30. The Morgan fingerprint density at radius 1 is 1.04 bits per heavy atom. The first-order chi connectivity index (χ1) is 12.8. The summed E-state index contributed by atoms with van der Waals surface area (Å²) in [7, 11) is 0. The van der Waals surface area contributed by atoms with Crippen molar-refractivity contribution in [3.63, 3.8) is 0 Å². The zero-order chi connectivity index (χ0) is 18.2. The number of aryl methyl sites for hydroxylation is 1. The van der Waals surface area contributed by atoms with Crippen LogP contribution in [-0.2, 0) is 13.1 Å². The van der Waals surface area contributed by atoms with Crippen LogP contribution >= 0.6 is 0 Å². The lowest BCUT2D eigenvalue weighted by atomic mass is 10.1. The summed E-state index contributed by atoms with van der Waals surface area (Å²) < 4.78 is 11.4. The topological polar surface area (TPSA) is 54.9 Å². The standard InChI is InChI=1S/C21H27N3O2/c1-3-22-21(24-15-18-8-5-4-7-16(18)2)23-14-17-9-10-19-20(13-17)26-12-6-11-25-19/h4-5,7-10,13H,3,6,11-12,14-15H2,1-2H3,(H2,22,23,24). The molecular weight excluding hydrogens is 326 g/mol. The van der Waals surface area contributed by atoms with E-state index in [1.165, 1.54) is 11.1 Å². The highest BCUT2D eigenvalue weighted by molar-refractivity contribution is 5.79. The van der Waals surface area contributed by atoms with Gasteiger partial charge in [-0.25, -0.2) is 4.99 Å². The molecule has 0 aromatic heterocycles. The first-order valence-corrected chi connectivity index (χ1v) is 9.21. The van der Waals surface area contributed by atoms with Gasteiger partial charge in [-0.1, -0.05) is 30.3 Å². The number of fused-ring (bicyclic) bond motifs is 1. The minimum atomic E-state index is 0.583. The van der Waals surface area contributed by atoms with Crippen LogP contribution in [0.3, 0.4) is 0 Å². The van der Waals surface area contributed by atoms with E-state index in [4.69, 9.17) is 14.5 Å². The summed E-state index contributed by atoms with van der Waals surface area (Å²) in [6.45, 7) is 7.75. The maximum absolute atomic E-state index is 5.76. The average Bonchev–Trinajstić information content (AvgIpc) is 2.90. The Morgan fingerprint density at radius 3 is 2.65 bits per heavy atom. The molecule has 0 fully saturated rings. The fourth-order valence-electron chi connectivity index (χ4n) is 2.81. The van der Waals surface area contributed by atoms with Gasteiger partial charge in [-0.15, -0.1) is 0 Å². The van der Waals surface area contributed by atoms with E-state index in [9.17, 15) is 0 Å². The van der Waals surface area contributed by atoms with Crippen molar-refractivity contribution >= 4 is 5.96 Å². The third-order valence-corrected chi connectivity index (χ3v) is 4.28. The number of hydrogen-bond donors (Lipinski definition) is 2. The molecule has 26 heavy (non-hydrogen) atoms. The Hall–Kier alpha value is -2.69. The Balaban J connectivity index is 1.65. The van der Waals surface area contributed by atoms with Gasteiger partial charge in [0, 0.05) is 19.5 Å². The summed E-state index contributed by atoms with van der Waals surface area (Å²) >= 11 is 0. The van der Waals surface area contributed by atoms with E-state index < -0.39 is 0 Å². The molecule has 0 saturated carbocycles. The van der Waals surface area contributed by atoms with Gasteiger partial charge in [0.2, 0.25) is 0 Å². The fourth-order valence-corrected chi connectivity index (χ4v) is 2.81. The second-order valence-corrected chi connectivity index (χ2v) is 6.31. The lowest BCUT2D eigenvalue weighted by Gasteiger charge is -2.13. The molecule has 1 aliphatic rings. The predicted molar refractivity (Wildman–Crippen MR) is 105 cm³/mol. The highest BCUT2D eigenvalue weighted by Gasteiger charge is 2.10. The molecule has 5 heteroatoms. The van der Waals surface area contributed by atoms with E-state index in [2.05, 4.69) is 48.7 Å². The highest BCUT2D eigenvalue weighted by atomic mass is 16.5. The van der Waals surface area contributed by atoms with Crippen LogP contribution in [0.25, 0.3) is 0 Å². The maximum Gasteiger partial charge on any atom is 0.191 e. The molecule has 138 valence electrons. The summed E-state index contributed by atoms with van der Waals surface area (Å²) in [5.74, 6) is 2.44. The molecular formula is C21H27N3O2. The van der Waals surface area contributed by atoms with Crippen molar-refractivity contribution in [3.8, 4) is 11.5 Å². The zero-order valence-corrected chi connectivity index (χ0v) is 15.5. The normalized spacial score (nSPS) is 13.8. The van der Waals surface area contributed by atoms with E-state index in [1.807, 2.05) is 18.2 Å². The quantitative estimate of drug-likeness (QED) is 0.639. The summed E-state index contributed by atoms with van der Waals surface area (Å²) in [5.41, 5.74) is 3.65. The first-order valence-electron chi connectivity index (χ1n) is 9.21. The third kappa shape index (κ3) is 4.91. The van der Waals surface area contributed by atoms with Gasteiger partial charge in [-0.05, 0) is 42.7 Å². The summed E-state index contributed by atoms with van der Waals surface area (Å²) in [4.78, 5) is 4.70. The van der Waals surface area contributed by atoms with Crippen molar-refractivity contribution in [2.75, 3.05) is 19.8 Å². The van der Waals surface area contributed by atoms with E-state index in [0.717, 1.165) is 42.5 Å². The Kier molecular flexibility index (Phi) is 6.36. The molecule has 2 N–H and O–H groups in total. The summed E-state index contributed by atoms with van der Waals surface area (Å²) in [5, 5.41) is 6.70. The summed E-state index contributed by atoms with van der Waals surface area (Å²) in [6, 6.07) is 14.4. The number of ether oxygens (including phenoxy) is 2. The van der Waals surface area contributed by atoms with Crippen molar-refractivity contribution in [3.05, 3.63) is 59.2 Å². The van der Waals surface area contributed by atoms with Crippen molar-refractivity contribution in [1.82, 2.24) is 10.6 Å². The molecule has 0 unspecified atom stereocenters. The van der Waals surface area contributed by atoms with E-state index in [1.54, 1.807) is 0 Å². The fraction of sp³-hybridized carbons (Fsp3) is 0.381. The smallest absolute Gasteiger partial charge is 0.191 e. The molecule has 5 nitrogen and oxygen atoms in total. The van der Waals surface area contributed by atoms with Crippen LogP contribution in [0.2, 0.25) is 0 Å². The molecule has 0 saturated heterocycles. The number of hydrogen-bond acceptors (Lipinski definition) is 3. The number of benzene rings is 2. The van der Waals surface area contributed by atoms with Crippen molar-refractivity contribution in [1.29, 1.82) is 0 Å². The SMILES string of the molecule is CCNC(=NCc1ccc2c(c1)OCCCO2)NCc1ccccc1C. The van der Waals surface area contributed by atoms with Gasteiger partial charge >= 0.3 is 0 Å². The van der Waals surface area contributed by atoms with Crippen molar-refractivity contribution in [2.45, 2.75) is 33.4 Å². The predicted octanol–water partition coefficient (Wildman–Crippen LogP) is 3.41. The van der Waals surface area contributed by atoms with Gasteiger partial charge in [0.25, 0.3) is 0 Å². The molecule has 0 aliphatic carbocycles. The van der Waals surface area contributed by atoms with E-state index in [-0.39, 0.29) is 0 Å². The van der Waals surface area contributed by atoms with Gasteiger partial charge in [-0.2, -0.15) is 0 Å². The lowest BCUT2D eigenvalue weighted by molar-refractivity contribution is 0.297. The molecule has 0 radical (unpaired) electrons. The molecule has 0 atom stereocenters. The van der Waals surface area contributed by atoms with E-state index >= 15 is 0 Å². The van der Waals surface area contributed by atoms with Gasteiger partial charge in [0.15, 0.2) is 17.5 Å². The van der Waals surface area contributed by atoms with E-state index in [0.29, 0.717) is 19.8 Å². The van der Waals surface area contributed by atoms with Crippen LogP contribution in [0.4, 0.5) is 0 Å². The second-order valence-electron chi connectivity index (χ2n) is 6.31. The zero-order valence-electron chi connectivity index (χ0n) is 15.5. The minimum absolute atomic E-state index is 0.583. The Labute approximate surface area is 155 Å². The molecule has 1 heterocycles. The monoisotopic (exact) mass is 353 g/mol. The van der Waals surface area contributed by atoms with Crippen LogP contribution in [-0.4, -0.2) is 25.7 Å². The van der Waals surface area contributed by atoms with Crippen molar-refractivity contribution < 1.29 is 9.47 Å². The van der Waals surface area contributed by atoms with Crippen LogP contribution in [0, 0.1) is 6.92 Å². The largest absolute Gasteiger partial charge is 0.490 e. The average molecular weight is 353 g/mol. The van der Waals surface area contributed by atoms with Gasteiger partial charge in [-0.3, -0.25) is 0 Å². The van der Waals surface area contributed by atoms with Crippen LogP contribution in [0.15, 0.2) is 47.5 Å². The molecule has 2 aromatic carbocycles. The minimum Gasteiger partial charge on any atom is -0.490 e. The second kappa shape index (κ2) is 9.13. The number of nitrogens with zero attached hydrogens (tertiary/aromatic N) is 1. The van der Waals surface area contributed by atoms with Gasteiger partial charge in [0.05, 0.1) is 19.8 Å². The molecule has 2 aromatic rings. The number of nitrogens with one attached hydrogen (secondary N) is 2. The van der Waals surface area contributed by atoms with Gasteiger partial charge in [0.1, 0.15) is 0 Å². The Morgan fingerprint density at radius 2 is 1.85 bits per heavy atom. The van der Waals surface area contributed by atoms with Crippen molar-refractivity contribution in [2.24, 2.45) is 4.99 Å². The molecule has 3 rings (SSSR count). The molecule has 1 aliphatic heterocycles. The molecule has 0 bridgehead atoms. The number of rotatable bonds is 5. The Bertz CT molecular complexity index is 759. The maximum atomic E-state index is 5.76. The molecule has 0 amide bonds. The number of guanidine groups is 1. The molecule has 0 spiro atoms. The third-order valence-electron chi connectivity index (χ3n) is 4.28. The first kappa shape index (κ1) is 18.1. The van der Waals surface area contributed by atoms with Crippen LogP contribution in [0.1, 0.15) is 30.0 Å².